The molecule has 0 aromatic heterocycles. The van der Waals surface area contributed by atoms with Gasteiger partial charge in [0.15, 0.2) is 0 Å². The first-order valence-electron chi connectivity index (χ1n) is 13.4. The third-order valence-corrected chi connectivity index (χ3v) is 8.58. The lowest BCUT2D eigenvalue weighted by Crippen LogP contribution is -2.46. The molecule has 3 rings (SSSR count). The first kappa shape index (κ1) is 31.3. The highest BCUT2D eigenvalue weighted by atomic mass is 35.5. The lowest BCUT2D eigenvalue weighted by molar-refractivity contribution is -0.0106. The fraction of sp³-hybridized carbons (Fsp3) is 0.500. The number of carbonyl (C=O) groups excluding carboxylic acids is 2. The van der Waals surface area contributed by atoms with Gasteiger partial charge in [-0.1, -0.05) is 87.8 Å². The number of nitrogens with zero attached hydrogens (tertiary/aromatic N) is 1. The number of nitrogens with one attached hydrogen (secondary N) is 1. The fourth-order valence-electron chi connectivity index (χ4n) is 5.55. The van der Waals surface area contributed by atoms with E-state index in [0.29, 0.717) is 17.5 Å². The number of ether oxygens (including phenoxy) is 1. The number of halogens is 1. The van der Waals surface area contributed by atoms with E-state index in [4.69, 9.17) is 26.5 Å². The Morgan fingerprint density at radius 3 is 2.16 bits per heavy atom. The van der Waals surface area contributed by atoms with Crippen LogP contribution in [0.3, 0.4) is 0 Å². The molecule has 1 saturated carbocycles. The van der Waals surface area contributed by atoms with Crippen LogP contribution in [-0.4, -0.2) is 23.1 Å². The van der Waals surface area contributed by atoms with Crippen molar-refractivity contribution in [2.45, 2.75) is 85.4 Å². The highest BCUT2D eigenvalue weighted by Crippen LogP contribution is 2.53. The molecular weight excluding hydrogens is 496 g/mol. The Morgan fingerprint density at radius 2 is 1.63 bits per heavy atom. The normalized spacial score (nSPS) is 18.7. The summed E-state index contributed by atoms with van der Waals surface area (Å²) in [7, 11) is 0. The molecule has 38 heavy (non-hydrogen) atoms. The molecule has 0 heterocycles. The summed E-state index contributed by atoms with van der Waals surface area (Å²) in [5, 5.41) is 6.11. The zero-order valence-corrected chi connectivity index (χ0v) is 24.1. The summed E-state index contributed by atoms with van der Waals surface area (Å²) in [6, 6.07) is 17.8. The zero-order chi connectivity index (χ0) is 28.2. The van der Waals surface area contributed by atoms with Crippen LogP contribution >= 0.6 is 11.6 Å². The Morgan fingerprint density at radius 1 is 1.05 bits per heavy atom. The summed E-state index contributed by atoms with van der Waals surface area (Å²) in [6.07, 6.45) is 9.00. The largest absolute Gasteiger partial charge is 0.445 e. The molecule has 1 atom stereocenters. The van der Waals surface area contributed by atoms with Crippen LogP contribution in [0.15, 0.2) is 67.3 Å². The van der Waals surface area contributed by atoms with Gasteiger partial charge in [-0.15, -0.1) is 6.58 Å². The van der Waals surface area contributed by atoms with E-state index in [2.05, 4.69) is 34.3 Å². The molecule has 6 heteroatoms. The van der Waals surface area contributed by atoms with Crippen molar-refractivity contribution in [3.8, 4) is 0 Å². The lowest BCUT2D eigenvalue weighted by atomic mass is 9.55. The summed E-state index contributed by atoms with van der Waals surface area (Å²) in [5.74, 6) is 0.636. The van der Waals surface area contributed by atoms with E-state index in [-0.39, 0.29) is 29.6 Å². The first-order valence-corrected chi connectivity index (χ1v) is 13.8. The Kier molecular flexibility index (Phi) is 12.3. The third kappa shape index (κ3) is 8.85. The average Bonchev–Trinajstić information content (AvgIpc) is 2.90. The summed E-state index contributed by atoms with van der Waals surface area (Å²) < 4.78 is 5.79. The summed E-state index contributed by atoms with van der Waals surface area (Å²) >= 11 is 6.10. The van der Waals surface area contributed by atoms with E-state index in [1.807, 2.05) is 65.6 Å². The van der Waals surface area contributed by atoms with E-state index < -0.39 is 0 Å². The monoisotopic (exact) mass is 538 g/mol. The van der Waals surface area contributed by atoms with Crippen LogP contribution < -0.4 is 0 Å². The molecule has 5 nitrogen and oxygen atoms in total. The number of benzene rings is 2. The summed E-state index contributed by atoms with van der Waals surface area (Å²) in [4.78, 5) is 23.6. The highest BCUT2D eigenvalue weighted by Gasteiger charge is 2.45. The van der Waals surface area contributed by atoms with Gasteiger partial charge in [-0.05, 0) is 78.5 Å². The van der Waals surface area contributed by atoms with Gasteiger partial charge in [-0.2, -0.15) is 0 Å². The fourth-order valence-corrected chi connectivity index (χ4v) is 5.68. The topological polar surface area (TPSA) is 70.5 Å². The van der Waals surface area contributed by atoms with Crippen molar-refractivity contribution in [2.75, 3.05) is 0 Å². The van der Waals surface area contributed by atoms with Gasteiger partial charge in [0.1, 0.15) is 6.61 Å². The van der Waals surface area contributed by atoms with Crippen molar-refractivity contribution in [3.05, 3.63) is 83.4 Å². The molecule has 0 radical (unpaired) electrons. The van der Waals surface area contributed by atoms with Crippen LogP contribution in [0.1, 0.15) is 77.3 Å². The Balaban J connectivity index is 0.00000161. The van der Waals surface area contributed by atoms with Crippen LogP contribution in [0, 0.1) is 22.2 Å². The second kappa shape index (κ2) is 14.9. The maximum absolute atomic E-state index is 13.3. The zero-order valence-electron chi connectivity index (χ0n) is 23.3. The molecule has 1 fully saturated rings. The van der Waals surface area contributed by atoms with Crippen molar-refractivity contribution in [3.63, 3.8) is 0 Å². The predicted molar refractivity (Wildman–Crippen MR) is 155 cm³/mol. The average molecular weight is 539 g/mol. The van der Waals surface area contributed by atoms with Gasteiger partial charge in [0, 0.05) is 17.6 Å². The van der Waals surface area contributed by atoms with Crippen LogP contribution in [0.5, 0.6) is 0 Å². The second-order valence-corrected chi connectivity index (χ2v) is 11.8. The minimum atomic E-state index is -0.238. The van der Waals surface area contributed by atoms with Crippen LogP contribution in [-0.2, 0) is 22.7 Å². The molecule has 2 aromatic carbocycles. The number of hydrogen-bond acceptors (Lipinski definition) is 4. The SMILES string of the molecule is C=CCCC(C)(C1CCC(N(Cc2ccc(Cl)cc2)C(=O)OCc2ccccc2)CC1)C(C)(C)C.N=C=O. The van der Waals surface area contributed by atoms with Crippen molar-refractivity contribution < 1.29 is 14.3 Å². The van der Waals surface area contributed by atoms with Crippen molar-refractivity contribution in [1.82, 2.24) is 4.90 Å². The number of allylic oxidation sites excluding steroid dienone is 1. The summed E-state index contributed by atoms with van der Waals surface area (Å²) in [6.45, 7) is 14.4. The Labute approximate surface area is 233 Å². The molecule has 1 amide bonds. The lowest BCUT2D eigenvalue weighted by Gasteiger charge is -2.51. The summed E-state index contributed by atoms with van der Waals surface area (Å²) in [5.41, 5.74) is 2.52. The number of amides is 1. The van der Waals surface area contributed by atoms with Gasteiger partial charge >= 0.3 is 6.09 Å². The van der Waals surface area contributed by atoms with Gasteiger partial charge in [-0.25, -0.2) is 15.0 Å². The van der Waals surface area contributed by atoms with E-state index >= 15 is 0 Å². The highest BCUT2D eigenvalue weighted by molar-refractivity contribution is 6.30. The van der Waals surface area contributed by atoms with Gasteiger partial charge < -0.3 is 9.64 Å². The maximum Gasteiger partial charge on any atom is 0.410 e. The number of rotatable bonds is 9. The van der Waals surface area contributed by atoms with Crippen LogP contribution in [0.2, 0.25) is 5.02 Å². The smallest absolute Gasteiger partial charge is 0.410 e. The van der Waals surface area contributed by atoms with Crippen LogP contribution in [0.25, 0.3) is 0 Å². The second-order valence-electron chi connectivity index (χ2n) is 11.4. The number of hydrogen-bond donors (Lipinski definition) is 1. The molecule has 2 aromatic rings. The predicted octanol–water partition coefficient (Wildman–Crippen LogP) is 8.96. The molecule has 1 aliphatic rings. The molecule has 1 N–H and O–H groups in total. The standard InChI is InChI=1S/C31H42ClNO2.CHNO/c1-6-7-21-31(5,30(2,3)4)26-15-19-28(20-16-26)33(22-24-13-17-27(32)18-14-24)29(34)35-23-25-11-9-8-10-12-25;2-1-3/h6,8-14,17-18,26,28H,1,7,15-16,19-23H2,2-5H3;2H. The maximum atomic E-state index is 13.3. The molecule has 1 aliphatic carbocycles. The van der Waals surface area contributed by atoms with Gasteiger partial charge in [0.05, 0.1) is 0 Å². The molecule has 0 aliphatic heterocycles. The molecule has 0 bridgehead atoms. The van der Waals surface area contributed by atoms with Crippen molar-refractivity contribution >= 4 is 23.8 Å². The quantitative estimate of drug-likeness (QED) is 0.197. The first-order chi connectivity index (χ1) is 18.1. The van der Waals surface area contributed by atoms with E-state index in [1.54, 1.807) is 0 Å². The van der Waals surface area contributed by atoms with E-state index in [9.17, 15) is 4.79 Å². The van der Waals surface area contributed by atoms with E-state index in [0.717, 1.165) is 55.7 Å². The molecular formula is C32H43ClN2O3. The molecule has 0 spiro atoms. The van der Waals surface area contributed by atoms with Gasteiger partial charge in [-0.3, -0.25) is 0 Å². The molecule has 206 valence electrons. The Hall–Kier alpha value is -2.88. The Bertz CT molecular complexity index is 1030. The number of carbonyl (C=O) groups is 1. The molecule has 0 saturated heterocycles. The number of isocyanates is 1. The van der Waals surface area contributed by atoms with Gasteiger partial charge in [0.2, 0.25) is 6.08 Å². The van der Waals surface area contributed by atoms with E-state index in [1.165, 1.54) is 0 Å². The van der Waals surface area contributed by atoms with Crippen molar-refractivity contribution in [1.29, 1.82) is 5.41 Å². The third-order valence-electron chi connectivity index (χ3n) is 8.33. The van der Waals surface area contributed by atoms with Crippen molar-refractivity contribution in [2.24, 2.45) is 16.7 Å². The molecule has 1 unspecified atom stereocenters. The minimum Gasteiger partial charge on any atom is -0.445 e. The van der Waals surface area contributed by atoms with Crippen LogP contribution in [0.4, 0.5) is 4.79 Å². The minimum absolute atomic E-state index is 0.175. The van der Waals surface area contributed by atoms with Gasteiger partial charge in [0.25, 0.3) is 0 Å².